The average molecular weight is 462 g/mol. The Hall–Kier alpha value is -2.87. The summed E-state index contributed by atoms with van der Waals surface area (Å²) in [7, 11) is -3.92. The number of benzene rings is 2. The predicted molar refractivity (Wildman–Crippen MR) is 122 cm³/mol. The van der Waals surface area contributed by atoms with Crippen LogP contribution < -0.4 is 4.72 Å². The number of sulfonamides is 1. The van der Waals surface area contributed by atoms with E-state index in [0.717, 1.165) is 31.4 Å². The molecule has 0 amide bonds. The van der Waals surface area contributed by atoms with Crippen LogP contribution in [0.15, 0.2) is 51.8 Å². The minimum absolute atomic E-state index is 0.0686. The van der Waals surface area contributed by atoms with Crippen molar-refractivity contribution < 1.29 is 26.8 Å². The Morgan fingerprint density at radius 3 is 2.44 bits per heavy atom. The number of rotatable bonds is 11. The molecule has 0 aliphatic heterocycles. The molecule has 0 atom stereocenters. The van der Waals surface area contributed by atoms with Gasteiger partial charge < -0.3 is 9.15 Å². The van der Waals surface area contributed by atoms with E-state index in [-0.39, 0.29) is 16.1 Å². The Balaban J connectivity index is 1.72. The maximum absolute atomic E-state index is 13.1. The lowest BCUT2D eigenvalue weighted by atomic mass is 10.1. The highest BCUT2D eigenvalue weighted by molar-refractivity contribution is 7.92. The largest absolute Gasteiger partial charge is 0.462 e. The second-order valence-corrected chi connectivity index (χ2v) is 9.39. The van der Waals surface area contributed by atoms with E-state index < -0.39 is 21.8 Å². The number of aryl methyl sites for hydroxylation is 1. The van der Waals surface area contributed by atoms with E-state index in [4.69, 9.17) is 9.15 Å². The van der Waals surface area contributed by atoms with Crippen LogP contribution in [0, 0.1) is 12.7 Å². The lowest BCUT2D eigenvalue weighted by Gasteiger charge is -2.08. The van der Waals surface area contributed by atoms with Gasteiger partial charge >= 0.3 is 5.97 Å². The second-order valence-electron chi connectivity index (χ2n) is 7.71. The Bertz CT molecular complexity index is 1170. The first-order valence-electron chi connectivity index (χ1n) is 10.8. The topological polar surface area (TPSA) is 85.6 Å². The highest BCUT2D eigenvalue weighted by atomic mass is 32.2. The number of anilines is 1. The van der Waals surface area contributed by atoms with Gasteiger partial charge in [-0.3, -0.25) is 4.72 Å². The average Bonchev–Trinajstić information content (AvgIpc) is 3.08. The van der Waals surface area contributed by atoms with Crippen LogP contribution in [0.2, 0.25) is 0 Å². The van der Waals surface area contributed by atoms with Crippen molar-refractivity contribution >= 4 is 32.6 Å². The van der Waals surface area contributed by atoms with E-state index in [1.807, 2.05) is 0 Å². The van der Waals surface area contributed by atoms with Crippen molar-refractivity contribution in [2.45, 2.75) is 57.3 Å². The van der Waals surface area contributed by atoms with E-state index in [1.54, 1.807) is 13.0 Å². The third-order valence-corrected chi connectivity index (χ3v) is 6.57. The summed E-state index contributed by atoms with van der Waals surface area (Å²) in [5.74, 6) is -0.608. The molecule has 0 aliphatic carbocycles. The predicted octanol–water partition coefficient (Wildman–Crippen LogP) is 6.20. The maximum atomic E-state index is 13.1. The van der Waals surface area contributed by atoms with Gasteiger partial charge in [-0.2, -0.15) is 0 Å². The molecule has 6 nitrogen and oxygen atoms in total. The highest BCUT2D eigenvalue weighted by Gasteiger charge is 2.21. The molecule has 0 bridgehead atoms. The maximum Gasteiger partial charge on any atom is 0.342 e. The molecule has 1 N–H and O–H groups in total. The third-order valence-electron chi connectivity index (χ3n) is 5.18. The van der Waals surface area contributed by atoms with Crippen LogP contribution in [0.25, 0.3) is 11.0 Å². The minimum atomic E-state index is -3.92. The van der Waals surface area contributed by atoms with Crippen LogP contribution in [0.5, 0.6) is 0 Å². The fourth-order valence-electron chi connectivity index (χ4n) is 3.48. The summed E-state index contributed by atoms with van der Waals surface area (Å²) in [5.41, 5.74) is 1.00. The number of unbranched alkanes of at least 4 members (excludes halogenated alkanes) is 5. The number of fused-ring (bicyclic) bond motifs is 1. The molecule has 3 rings (SSSR count). The molecule has 8 heteroatoms. The van der Waals surface area contributed by atoms with Crippen molar-refractivity contribution in [2.24, 2.45) is 0 Å². The summed E-state index contributed by atoms with van der Waals surface area (Å²) in [4.78, 5) is 12.6. The van der Waals surface area contributed by atoms with Gasteiger partial charge in [-0.1, -0.05) is 39.0 Å². The number of hydrogen-bond donors (Lipinski definition) is 1. The third kappa shape index (κ3) is 5.88. The number of carbonyl (C=O) groups excluding carboxylic acids is 1. The molecule has 0 saturated carbocycles. The number of hydrogen-bond acceptors (Lipinski definition) is 5. The van der Waals surface area contributed by atoms with E-state index in [1.165, 1.54) is 43.5 Å². The molecule has 0 saturated heterocycles. The van der Waals surface area contributed by atoms with E-state index in [2.05, 4.69) is 11.6 Å². The van der Waals surface area contributed by atoms with Crippen molar-refractivity contribution in [3.8, 4) is 0 Å². The van der Waals surface area contributed by atoms with Crippen molar-refractivity contribution in [3.05, 3.63) is 59.6 Å². The molecule has 0 fully saturated rings. The quantitative estimate of drug-likeness (QED) is 0.271. The Morgan fingerprint density at radius 1 is 1.03 bits per heavy atom. The van der Waals surface area contributed by atoms with Crippen LogP contribution in [0.4, 0.5) is 10.1 Å². The first kappa shape index (κ1) is 23.8. The SMILES string of the molecule is CCCCCCCCOC(=O)c1c(C)oc2ccc(NS(=O)(=O)c3ccc(F)cc3)cc12. The zero-order valence-corrected chi connectivity index (χ0v) is 19.1. The molecule has 0 radical (unpaired) electrons. The standard InChI is InChI=1S/C24H28FNO5S/c1-3-4-5-6-7-8-15-30-24(27)23-17(2)31-22-14-11-19(16-21(22)23)26-32(28,29)20-12-9-18(25)10-13-20/h9-14,16,26H,3-8,15H2,1-2H3. The van der Waals surface area contributed by atoms with Crippen LogP contribution >= 0.6 is 0 Å². The van der Waals surface area contributed by atoms with Crippen LogP contribution in [-0.2, 0) is 14.8 Å². The summed E-state index contributed by atoms with van der Waals surface area (Å²) in [6.45, 7) is 4.16. The number of furan rings is 1. The number of ether oxygens (including phenoxy) is 1. The molecular weight excluding hydrogens is 433 g/mol. The molecule has 3 aromatic rings. The van der Waals surface area contributed by atoms with Crippen molar-refractivity contribution in [3.63, 3.8) is 0 Å². The molecule has 0 unspecified atom stereocenters. The molecule has 32 heavy (non-hydrogen) atoms. The van der Waals surface area contributed by atoms with E-state index >= 15 is 0 Å². The molecular formula is C24H28FNO5S. The second kappa shape index (κ2) is 10.6. The van der Waals surface area contributed by atoms with E-state index in [0.29, 0.717) is 23.3 Å². The molecule has 1 heterocycles. The molecule has 0 spiro atoms. The monoisotopic (exact) mass is 461 g/mol. The fraction of sp³-hybridized carbons (Fsp3) is 0.375. The van der Waals surface area contributed by atoms with Gasteiger partial charge in [0.15, 0.2) is 0 Å². The Morgan fingerprint density at radius 2 is 1.72 bits per heavy atom. The fourth-order valence-corrected chi connectivity index (χ4v) is 4.53. The minimum Gasteiger partial charge on any atom is -0.462 e. The van der Waals surface area contributed by atoms with Gasteiger partial charge in [-0.15, -0.1) is 0 Å². The first-order valence-corrected chi connectivity index (χ1v) is 12.3. The summed E-state index contributed by atoms with van der Waals surface area (Å²) in [6.07, 6.45) is 6.51. The highest BCUT2D eigenvalue weighted by Crippen LogP contribution is 2.30. The van der Waals surface area contributed by atoms with Gasteiger partial charge in [0.1, 0.15) is 22.7 Å². The first-order chi connectivity index (χ1) is 15.3. The smallest absolute Gasteiger partial charge is 0.342 e. The van der Waals surface area contributed by atoms with Crippen molar-refractivity contribution in [2.75, 3.05) is 11.3 Å². The molecule has 172 valence electrons. The van der Waals surface area contributed by atoms with Crippen LogP contribution in [0.3, 0.4) is 0 Å². The summed E-state index contributed by atoms with van der Waals surface area (Å²) < 4.78 is 51.8. The zero-order valence-electron chi connectivity index (χ0n) is 18.3. The number of carbonyl (C=O) groups is 1. The van der Waals surface area contributed by atoms with Crippen LogP contribution in [0.1, 0.15) is 61.6 Å². The number of esters is 1. The molecule has 1 aromatic heterocycles. The summed E-state index contributed by atoms with van der Waals surface area (Å²) >= 11 is 0. The van der Waals surface area contributed by atoms with E-state index in [9.17, 15) is 17.6 Å². The summed E-state index contributed by atoms with van der Waals surface area (Å²) in [5, 5.41) is 0.467. The molecule has 0 aliphatic rings. The van der Waals surface area contributed by atoms with Gasteiger partial charge in [0.05, 0.1) is 11.5 Å². The Labute approximate surface area is 187 Å². The van der Waals surface area contributed by atoms with Gasteiger partial charge in [0, 0.05) is 11.1 Å². The lowest BCUT2D eigenvalue weighted by Crippen LogP contribution is -2.13. The zero-order chi connectivity index (χ0) is 23.1. The van der Waals surface area contributed by atoms with Crippen molar-refractivity contribution in [1.82, 2.24) is 0 Å². The van der Waals surface area contributed by atoms with Crippen molar-refractivity contribution in [1.29, 1.82) is 0 Å². The van der Waals surface area contributed by atoms with Gasteiger partial charge in [-0.05, 0) is 55.8 Å². The number of halogens is 1. The van der Waals surface area contributed by atoms with Gasteiger partial charge in [-0.25, -0.2) is 17.6 Å². The number of nitrogens with one attached hydrogen (secondary N) is 1. The summed E-state index contributed by atoms with van der Waals surface area (Å²) in [6, 6.07) is 9.19. The molecule has 2 aromatic carbocycles. The van der Waals surface area contributed by atoms with Gasteiger partial charge in [0.2, 0.25) is 0 Å². The Kier molecular flexibility index (Phi) is 7.90. The lowest BCUT2D eigenvalue weighted by molar-refractivity contribution is 0.0497. The van der Waals surface area contributed by atoms with Gasteiger partial charge in [0.25, 0.3) is 10.0 Å². The normalized spacial score (nSPS) is 11.6. The van der Waals surface area contributed by atoms with Crippen LogP contribution in [-0.4, -0.2) is 21.0 Å².